The maximum Gasteiger partial charge on any atom is 0.259 e. The Morgan fingerprint density at radius 2 is 2.00 bits per heavy atom. The Kier molecular flexibility index (Phi) is 5.21. The predicted molar refractivity (Wildman–Crippen MR) is 98.9 cm³/mol. The minimum atomic E-state index is 0.279. The van der Waals surface area contributed by atoms with E-state index in [-0.39, 0.29) is 6.10 Å². The number of nitrogens with zero attached hydrogens (tertiary/aromatic N) is 3. The molecule has 134 valence electrons. The van der Waals surface area contributed by atoms with Crippen LogP contribution in [0.1, 0.15) is 30.7 Å². The average Bonchev–Trinajstić information content (AvgIpc) is 3.17. The summed E-state index contributed by atoms with van der Waals surface area (Å²) in [4.78, 5) is 8.90. The molecule has 2 aromatic heterocycles. The second kappa shape index (κ2) is 8.10. The molecule has 1 fully saturated rings. The van der Waals surface area contributed by atoms with Gasteiger partial charge in [0.1, 0.15) is 5.82 Å². The van der Waals surface area contributed by atoms with Crippen LogP contribution in [0.5, 0.6) is 0 Å². The van der Waals surface area contributed by atoms with Gasteiger partial charge in [0, 0.05) is 25.8 Å². The van der Waals surface area contributed by atoms with E-state index in [0.29, 0.717) is 18.1 Å². The Hall–Kier alpha value is -2.73. The molecule has 1 aliphatic heterocycles. The van der Waals surface area contributed by atoms with Gasteiger partial charge in [0.2, 0.25) is 0 Å². The van der Waals surface area contributed by atoms with E-state index in [2.05, 4.69) is 20.4 Å². The summed E-state index contributed by atoms with van der Waals surface area (Å²) in [6.07, 6.45) is 6.20. The highest BCUT2D eigenvalue weighted by atomic mass is 16.5. The number of anilines is 1. The molecule has 1 aliphatic rings. The fourth-order valence-corrected chi connectivity index (χ4v) is 3.03. The molecule has 0 spiro atoms. The van der Waals surface area contributed by atoms with Gasteiger partial charge in [-0.3, -0.25) is 0 Å². The van der Waals surface area contributed by atoms with E-state index in [1.807, 2.05) is 42.5 Å². The lowest BCUT2D eigenvalue weighted by atomic mass is 10.1. The second-order valence-corrected chi connectivity index (χ2v) is 6.48. The first kappa shape index (κ1) is 16.7. The summed E-state index contributed by atoms with van der Waals surface area (Å²) >= 11 is 0. The van der Waals surface area contributed by atoms with Crippen LogP contribution in [0.15, 0.2) is 53.2 Å². The van der Waals surface area contributed by atoms with Crippen LogP contribution in [0.25, 0.3) is 11.5 Å². The van der Waals surface area contributed by atoms with Crippen LogP contribution in [0, 0.1) is 0 Å². The molecule has 6 nitrogen and oxygen atoms in total. The van der Waals surface area contributed by atoms with Gasteiger partial charge in [-0.25, -0.2) is 4.98 Å². The van der Waals surface area contributed by atoms with Crippen LogP contribution in [0.4, 0.5) is 5.82 Å². The van der Waals surface area contributed by atoms with Crippen molar-refractivity contribution in [2.45, 2.75) is 31.8 Å². The number of nitrogens with one attached hydrogen (secondary N) is 1. The quantitative estimate of drug-likeness (QED) is 0.731. The molecular weight excluding hydrogens is 328 g/mol. The van der Waals surface area contributed by atoms with E-state index >= 15 is 0 Å². The highest BCUT2D eigenvalue weighted by Crippen LogP contribution is 2.19. The third-order valence-electron chi connectivity index (χ3n) is 4.47. The maximum atomic E-state index is 5.72. The first-order chi connectivity index (χ1) is 12.9. The second-order valence-electron chi connectivity index (χ2n) is 6.48. The molecule has 1 aromatic carbocycles. The molecule has 1 atom stereocenters. The van der Waals surface area contributed by atoms with Crippen molar-refractivity contribution in [3.05, 3.63) is 60.0 Å². The summed E-state index contributed by atoms with van der Waals surface area (Å²) in [7, 11) is 0. The summed E-state index contributed by atoms with van der Waals surface area (Å²) in [5.74, 6) is 1.99. The van der Waals surface area contributed by atoms with E-state index < -0.39 is 0 Å². The minimum absolute atomic E-state index is 0.279. The Morgan fingerprint density at radius 3 is 2.77 bits per heavy atom. The van der Waals surface area contributed by atoms with Gasteiger partial charge in [-0.1, -0.05) is 35.5 Å². The lowest BCUT2D eigenvalue weighted by Gasteiger charge is -2.22. The van der Waals surface area contributed by atoms with E-state index in [9.17, 15) is 0 Å². The zero-order valence-electron chi connectivity index (χ0n) is 14.6. The lowest BCUT2D eigenvalue weighted by molar-refractivity contribution is 0.0247. The lowest BCUT2D eigenvalue weighted by Crippen LogP contribution is -2.27. The maximum absolute atomic E-state index is 5.72. The van der Waals surface area contributed by atoms with Crippen molar-refractivity contribution < 1.29 is 9.26 Å². The summed E-state index contributed by atoms with van der Waals surface area (Å²) < 4.78 is 11.1. The highest BCUT2D eigenvalue weighted by molar-refractivity contribution is 5.54. The summed E-state index contributed by atoms with van der Waals surface area (Å²) in [6.45, 7) is 1.65. The highest BCUT2D eigenvalue weighted by Gasteiger charge is 2.14. The molecule has 0 saturated carbocycles. The van der Waals surface area contributed by atoms with Crippen molar-refractivity contribution >= 4 is 5.82 Å². The molecule has 6 heteroatoms. The zero-order valence-corrected chi connectivity index (χ0v) is 14.6. The standard InChI is InChI=1S/C20H22N4O2/c1-2-6-15(7-3-1)12-19-23-20(26-24-19)16-9-10-18(21-13-16)22-14-17-8-4-5-11-25-17/h1-3,6-7,9-10,13,17H,4-5,8,11-12,14H2,(H,21,22)/t17-/m1/s1. The van der Waals surface area contributed by atoms with Gasteiger partial charge in [0.25, 0.3) is 5.89 Å². The van der Waals surface area contributed by atoms with Crippen LogP contribution >= 0.6 is 0 Å². The molecule has 0 radical (unpaired) electrons. The zero-order chi connectivity index (χ0) is 17.6. The number of rotatable bonds is 6. The molecule has 0 bridgehead atoms. The van der Waals surface area contributed by atoms with E-state index in [1.54, 1.807) is 6.20 Å². The number of ether oxygens (including phenoxy) is 1. The molecule has 3 aromatic rings. The van der Waals surface area contributed by atoms with Crippen molar-refractivity contribution in [1.29, 1.82) is 0 Å². The van der Waals surface area contributed by atoms with Gasteiger partial charge >= 0.3 is 0 Å². The molecule has 1 N–H and O–H groups in total. The van der Waals surface area contributed by atoms with E-state index in [4.69, 9.17) is 9.26 Å². The normalized spacial score (nSPS) is 17.2. The van der Waals surface area contributed by atoms with Gasteiger partial charge in [0.05, 0.1) is 11.7 Å². The molecule has 0 unspecified atom stereocenters. The van der Waals surface area contributed by atoms with Gasteiger partial charge in [-0.2, -0.15) is 4.98 Å². The van der Waals surface area contributed by atoms with Crippen LogP contribution in [0.2, 0.25) is 0 Å². The summed E-state index contributed by atoms with van der Waals surface area (Å²) in [5.41, 5.74) is 1.97. The van der Waals surface area contributed by atoms with Crippen molar-refractivity contribution in [2.24, 2.45) is 0 Å². The fourth-order valence-electron chi connectivity index (χ4n) is 3.03. The molecular formula is C20H22N4O2. The topological polar surface area (TPSA) is 73.1 Å². The Balaban J connectivity index is 1.36. The largest absolute Gasteiger partial charge is 0.376 e. The van der Waals surface area contributed by atoms with Crippen molar-refractivity contribution in [3.63, 3.8) is 0 Å². The van der Waals surface area contributed by atoms with Gasteiger partial charge in [-0.15, -0.1) is 0 Å². The third-order valence-corrected chi connectivity index (χ3v) is 4.47. The number of hydrogen-bond donors (Lipinski definition) is 1. The molecule has 3 heterocycles. The molecule has 26 heavy (non-hydrogen) atoms. The van der Waals surface area contributed by atoms with Crippen LogP contribution in [-0.2, 0) is 11.2 Å². The Morgan fingerprint density at radius 1 is 1.08 bits per heavy atom. The molecule has 0 aliphatic carbocycles. The van der Waals surface area contributed by atoms with Gasteiger partial charge in [-0.05, 0) is 37.0 Å². The Bertz CT molecular complexity index is 811. The summed E-state index contributed by atoms with van der Waals surface area (Å²) in [5, 5.41) is 7.39. The van der Waals surface area contributed by atoms with Gasteiger partial charge in [0.15, 0.2) is 5.82 Å². The van der Waals surface area contributed by atoms with Crippen molar-refractivity contribution in [2.75, 3.05) is 18.5 Å². The average molecular weight is 350 g/mol. The van der Waals surface area contributed by atoms with Crippen molar-refractivity contribution in [1.82, 2.24) is 15.1 Å². The van der Waals surface area contributed by atoms with Crippen LogP contribution in [-0.4, -0.2) is 34.4 Å². The number of benzene rings is 1. The van der Waals surface area contributed by atoms with Crippen molar-refractivity contribution in [3.8, 4) is 11.5 Å². The Labute approximate surface area is 152 Å². The monoisotopic (exact) mass is 350 g/mol. The first-order valence-corrected chi connectivity index (χ1v) is 9.05. The van der Waals surface area contributed by atoms with Crippen LogP contribution in [0.3, 0.4) is 0 Å². The molecule has 1 saturated heterocycles. The fraction of sp³-hybridized carbons (Fsp3) is 0.350. The minimum Gasteiger partial charge on any atom is -0.376 e. The van der Waals surface area contributed by atoms with Crippen LogP contribution < -0.4 is 5.32 Å². The van der Waals surface area contributed by atoms with Gasteiger partial charge < -0.3 is 14.6 Å². The number of hydrogen-bond acceptors (Lipinski definition) is 6. The first-order valence-electron chi connectivity index (χ1n) is 9.05. The van der Waals surface area contributed by atoms with E-state index in [1.165, 1.54) is 12.8 Å². The third kappa shape index (κ3) is 4.26. The molecule has 4 rings (SSSR count). The molecule has 0 amide bonds. The van der Waals surface area contributed by atoms with E-state index in [0.717, 1.165) is 36.5 Å². The smallest absolute Gasteiger partial charge is 0.259 e. The number of aromatic nitrogens is 3. The number of pyridine rings is 1. The summed E-state index contributed by atoms with van der Waals surface area (Å²) in [6, 6.07) is 14.0. The predicted octanol–water partition coefficient (Wildman–Crippen LogP) is 3.70. The SMILES string of the molecule is c1ccc(Cc2noc(-c3ccc(NC[C@H]4CCCCO4)nc3)n2)cc1.